The molecular formula is C11H8ClIN2O2. The smallest absolute Gasteiger partial charge is 0.251 e. The van der Waals surface area contributed by atoms with Gasteiger partial charge in [0.15, 0.2) is 0 Å². The molecule has 0 saturated heterocycles. The molecule has 0 unspecified atom stereocenters. The minimum atomic E-state index is -0.189. The van der Waals surface area contributed by atoms with Gasteiger partial charge in [0.2, 0.25) is 0 Å². The number of hydrogen-bond acceptors (Lipinski definition) is 3. The lowest BCUT2D eigenvalue weighted by Crippen LogP contribution is -2.22. The highest BCUT2D eigenvalue weighted by Crippen LogP contribution is 2.19. The molecule has 1 N–H and O–H groups in total. The summed E-state index contributed by atoms with van der Waals surface area (Å²) >= 11 is 8.05. The lowest BCUT2D eigenvalue weighted by Gasteiger charge is -2.04. The van der Waals surface area contributed by atoms with Gasteiger partial charge in [0, 0.05) is 15.2 Å². The second-order valence-electron chi connectivity index (χ2n) is 3.30. The Hall–Kier alpha value is -1.08. The van der Waals surface area contributed by atoms with Gasteiger partial charge >= 0.3 is 0 Å². The highest BCUT2D eigenvalue weighted by Gasteiger charge is 2.08. The predicted molar refractivity (Wildman–Crippen MR) is 71.8 cm³/mol. The first kappa shape index (κ1) is 12.4. The molecule has 0 spiro atoms. The largest absolute Gasteiger partial charge is 0.364 e. The van der Waals surface area contributed by atoms with E-state index < -0.39 is 0 Å². The number of nitrogens with zero attached hydrogens (tertiary/aromatic N) is 1. The molecule has 0 aliphatic carbocycles. The van der Waals surface area contributed by atoms with Gasteiger partial charge in [-0.1, -0.05) is 16.8 Å². The van der Waals surface area contributed by atoms with E-state index in [-0.39, 0.29) is 5.91 Å². The number of rotatable bonds is 3. The molecule has 0 atom stereocenters. The summed E-state index contributed by atoms with van der Waals surface area (Å²) in [6, 6.07) is 6.86. The van der Waals surface area contributed by atoms with Crippen LogP contribution < -0.4 is 5.32 Å². The van der Waals surface area contributed by atoms with Crippen molar-refractivity contribution in [2.24, 2.45) is 0 Å². The molecule has 0 fully saturated rings. The highest BCUT2D eigenvalue weighted by atomic mass is 127. The Morgan fingerprint density at radius 1 is 1.47 bits per heavy atom. The Morgan fingerprint density at radius 2 is 2.29 bits per heavy atom. The van der Waals surface area contributed by atoms with Crippen molar-refractivity contribution in [3.05, 3.63) is 50.4 Å². The molecule has 0 aliphatic rings. The number of amides is 1. The fourth-order valence-corrected chi connectivity index (χ4v) is 1.76. The van der Waals surface area contributed by atoms with Crippen molar-refractivity contribution in [2.75, 3.05) is 0 Å². The minimum absolute atomic E-state index is 0.189. The highest BCUT2D eigenvalue weighted by molar-refractivity contribution is 14.1. The normalized spacial score (nSPS) is 10.2. The molecule has 1 aromatic heterocycles. The quantitative estimate of drug-likeness (QED) is 0.854. The van der Waals surface area contributed by atoms with Crippen LogP contribution in [0.5, 0.6) is 0 Å². The van der Waals surface area contributed by atoms with E-state index in [9.17, 15) is 4.79 Å². The summed E-state index contributed by atoms with van der Waals surface area (Å²) in [6.45, 7) is 0.332. The monoisotopic (exact) mass is 362 g/mol. The Balaban J connectivity index is 2.02. The van der Waals surface area contributed by atoms with E-state index in [4.69, 9.17) is 11.6 Å². The first-order valence-corrected chi connectivity index (χ1v) is 6.25. The van der Waals surface area contributed by atoms with Crippen LogP contribution in [0.15, 0.2) is 35.1 Å². The van der Waals surface area contributed by atoms with Gasteiger partial charge in [0.1, 0.15) is 12.0 Å². The van der Waals surface area contributed by atoms with E-state index in [0.717, 1.165) is 3.57 Å². The van der Waals surface area contributed by atoms with Crippen LogP contribution in [0.4, 0.5) is 0 Å². The molecule has 17 heavy (non-hydrogen) atoms. The molecule has 0 aliphatic heterocycles. The molecule has 0 saturated carbocycles. The maximum absolute atomic E-state index is 11.8. The molecule has 88 valence electrons. The van der Waals surface area contributed by atoms with Crippen molar-refractivity contribution >= 4 is 40.1 Å². The molecule has 1 amide bonds. The molecule has 1 aromatic carbocycles. The van der Waals surface area contributed by atoms with Crippen molar-refractivity contribution in [3.63, 3.8) is 0 Å². The van der Waals surface area contributed by atoms with E-state index >= 15 is 0 Å². The van der Waals surface area contributed by atoms with Crippen molar-refractivity contribution in [3.8, 4) is 0 Å². The predicted octanol–water partition coefficient (Wildman–Crippen LogP) is 2.86. The SMILES string of the molecule is O=C(NCc1ccon1)c1ccc(I)c(Cl)c1. The topological polar surface area (TPSA) is 55.1 Å². The van der Waals surface area contributed by atoms with Crippen LogP contribution in [0.25, 0.3) is 0 Å². The Labute approximate surface area is 116 Å². The molecule has 1 heterocycles. The summed E-state index contributed by atoms with van der Waals surface area (Å²) in [4.78, 5) is 11.8. The second kappa shape index (κ2) is 5.50. The first-order valence-electron chi connectivity index (χ1n) is 4.79. The summed E-state index contributed by atoms with van der Waals surface area (Å²) in [7, 11) is 0. The molecular weight excluding hydrogens is 354 g/mol. The minimum Gasteiger partial charge on any atom is -0.364 e. The van der Waals surface area contributed by atoms with E-state index in [1.807, 2.05) is 0 Å². The van der Waals surface area contributed by atoms with Crippen LogP contribution in [-0.4, -0.2) is 11.1 Å². The summed E-state index contributed by atoms with van der Waals surface area (Å²) in [5.41, 5.74) is 1.20. The Kier molecular flexibility index (Phi) is 4.01. The summed E-state index contributed by atoms with van der Waals surface area (Å²) in [5.74, 6) is -0.189. The molecule has 0 radical (unpaired) electrons. The Bertz CT molecular complexity index is 528. The van der Waals surface area contributed by atoms with E-state index in [1.165, 1.54) is 6.26 Å². The van der Waals surface area contributed by atoms with Gasteiger partial charge in [-0.15, -0.1) is 0 Å². The van der Waals surface area contributed by atoms with Gasteiger partial charge in [-0.3, -0.25) is 4.79 Å². The molecule has 2 rings (SSSR count). The van der Waals surface area contributed by atoms with Gasteiger partial charge in [-0.05, 0) is 40.8 Å². The van der Waals surface area contributed by atoms with Crippen LogP contribution in [-0.2, 0) is 6.54 Å². The molecule has 4 nitrogen and oxygen atoms in total. The number of carbonyl (C=O) groups is 1. The number of carbonyl (C=O) groups excluding carboxylic acids is 1. The third kappa shape index (κ3) is 3.19. The fourth-order valence-electron chi connectivity index (χ4n) is 1.24. The van der Waals surface area contributed by atoms with Gasteiger partial charge in [-0.2, -0.15) is 0 Å². The third-order valence-electron chi connectivity index (χ3n) is 2.10. The number of aromatic nitrogens is 1. The average Bonchev–Trinajstić information content (AvgIpc) is 2.82. The van der Waals surface area contributed by atoms with Crippen LogP contribution in [0.2, 0.25) is 5.02 Å². The van der Waals surface area contributed by atoms with Crippen LogP contribution in [0.3, 0.4) is 0 Å². The lowest BCUT2D eigenvalue weighted by molar-refractivity contribution is 0.0950. The van der Waals surface area contributed by atoms with E-state index in [2.05, 4.69) is 37.6 Å². The van der Waals surface area contributed by atoms with Gasteiger partial charge in [-0.25, -0.2) is 0 Å². The van der Waals surface area contributed by atoms with Gasteiger partial charge in [0.25, 0.3) is 5.91 Å². The van der Waals surface area contributed by atoms with Gasteiger partial charge < -0.3 is 9.84 Å². The number of benzene rings is 1. The van der Waals surface area contributed by atoms with Crippen molar-refractivity contribution in [2.45, 2.75) is 6.54 Å². The van der Waals surface area contributed by atoms with Crippen molar-refractivity contribution in [1.82, 2.24) is 10.5 Å². The third-order valence-corrected chi connectivity index (χ3v) is 3.68. The number of nitrogens with one attached hydrogen (secondary N) is 1. The first-order chi connectivity index (χ1) is 8.16. The van der Waals surface area contributed by atoms with Gasteiger partial charge in [0.05, 0.1) is 11.6 Å². The fraction of sp³-hybridized carbons (Fsp3) is 0.0909. The number of halogens is 2. The Morgan fingerprint density at radius 3 is 2.94 bits per heavy atom. The van der Waals surface area contributed by atoms with Crippen molar-refractivity contribution < 1.29 is 9.32 Å². The zero-order valence-corrected chi connectivity index (χ0v) is 11.5. The van der Waals surface area contributed by atoms with Crippen LogP contribution in [0.1, 0.15) is 16.1 Å². The molecule has 6 heteroatoms. The number of hydrogen-bond donors (Lipinski definition) is 1. The summed E-state index contributed by atoms with van der Waals surface area (Å²) < 4.78 is 5.58. The van der Waals surface area contributed by atoms with Crippen molar-refractivity contribution in [1.29, 1.82) is 0 Å². The summed E-state index contributed by atoms with van der Waals surface area (Å²) in [6.07, 6.45) is 1.46. The van der Waals surface area contributed by atoms with Crippen LogP contribution in [0, 0.1) is 3.57 Å². The molecule has 2 aromatic rings. The van der Waals surface area contributed by atoms with Crippen LogP contribution >= 0.6 is 34.2 Å². The van der Waals surface area contributed by atoms with E-state index in [1.54, 1.807) is 24.3 Å². The zero-order valence-electron chi connectivity index (χ0n) is 8.61. The maximum atomic E-state index is 11.8. The maximum Gasteiger partial charge on any atom is 0.251 e. The average molecular weight is 363 g/mol. The summed E-state index contributed by atoms with van der Waals surface area (Å²) in [5, 5.41) is 6.99. The standard InChI is InChI=1S/C11H8ClIN2O2/c12-9-5-7(1-2-10(9)13)11(16)14-6-8-3-4-17-15-8/h1-5H,6H2,(H,14,16). The molecule has 0 bridgehead atoms. The second-order valence-corrected chi connectivity index (χ2v) is 4.87. The zero-order chi connectivity index (χ0) is 12.3. The van der Waals surface area contributed by atoms with E-state index in [0.29, 0.717) is 22.8 Å². The lowest BCUT2D eigenvalue weighted by atomic mass is 10.2.